The predicted molar refractivity (Wildman–Crippen MR) is 81.7 cm³/mol. The summed E-state index contributed by atoms with van der Waals surface area (Å²) in [5.41, 5.74) is 0. The molecule has 0 aromatic heterocycles. The molecule has 0 amide bonds. The highest BCUT2D eigenvalue weighted by atomic mass is 15.0. The van der Waals surface area contributed by atoms with E-state index in [-0.39, 0.29) is 0 Å². The van der Waals surface area contributed by atoms with Crippen LogP contribution in [0, 0.1) is 0 Å². The first-order valence-corrected chi connectivity index (χ1v) is 7.83. The molecule has 0 unspecified atom stereocenters. The molecule has 0 saturated carbocycles. The van der Waals surface area contributed by atoms with Crippen LogP contribution in [0.5, 0.6) is 0 Å². The van der Waals surface area contributed by atoms with Gasteiger partial charge in [0.1, 0.15) is 0 Å². The van der Waals surface area contributed by atoms with Crippen molar-refractivity contribution in [2.45, 2.75) is 85.0 Å². The first-order chi connectivity index (χ1) is 8.18. The highest BCUT2D eigenvalue weighted by Gasteiger charge is 1.92. The van der Waals surface area contributed by atoms with Crippen molar-refractivity contribution >= 4 is 0 Å². The van der Waals surface area contributed by atoms with Crippen LogP contribution in [0.4, 0.5) is 0 Å². The maximum atomic E-state index is 2.28. The van der Waals surface area contributed by atoms with Gasteiger partial charge in [0, 0.05) is 0 Å². The zero-order valence-electron chi connectivity index (χ0n) is 13.2. The maximum absolute atomic E-state index is 2.28. The molecule has 0 aliphatic rings. The molecule has 0 spiro atoms. The minimum Gasteiger partial charge on any atom is -0.309 e. The molecule has 0 aliphatic heterocycles. The van der Waals surface area contributed by atoms with Crippen LogP contribution in [0.25, 0.3) is 0 Å². The van der Waals surface area contributed by atoms with Crippen LogP contribution in [-0.4, -0.2) is 25.5 Å². The fourth-order valence-electron chi connectivity index (χ4n) is 1.74. The van der Waals surface area contributed by atoms with Crippen molar-refractivity contribution in [2.24, 2.45) is 0 Å². The third-order valence-electron chi connectivity index (χ3n) is 2.71. The van der Waals surface area contributed by atoms with Crippen LogP contribution < -0.4 is 0 Å². The Balaban J connectivity index is 0. The molecule has 0 bridgehead atoms. The minimum atomic E-state index is 1.25. The SMILES string of the molecule is CCC.CCCCCCCCCCCN(C)C. The van der Waals surface area contributed by atoms with Crippen molar-refractivity contribution in [1.29, 1.82) is 0 Å². The average molecular weight is 243 g/mol. The van der Waals surface area contributed by atoms with Gasteiger partial charge in [-0.15, -0.1) is 0 Å². The van der Waals surface area contributed by atoms with E-state index in [1.807, 2.05) is 0 Å². The standard InChI is InChI=1S/C13H29N.C3H8/c1-4-5-6-7-8-9-10-11-12-13-14(2)3;1-3-2/h4-13H2,1-3H3;3H2,1-2H3. The molecular weight excluding hydrogens is 206 g/mol. The third kappa shape index (κ3) is 25.9. The van der Waals surface area contributed by atoms with E-state index in [0.717, 1.165) is 0 Å². The van der Waals surface area contributed by atoms with Crippen LogP contribution in [0.15, 0.2) is 0 Å². The van der Waals surface area contributed by atoms with E-state index in [1.54, 1.807) is 0 Å². The average Bonchev–Trinajstić information content (AvgIpc) is 2.27. The summed E-state index contributed by atoms with van der Waals surface area (Å²) in [6.07, 6.45) is 14.1. The molecule has 0 heterocycles. The van der Waals surface area contributed by atoms with Crippen molar-refractivity contribution in [1.82, 2.24) is 4.90 Å². The van der Waals surface area contributed by atoms with Gasteiger partial charge in [0.05, 0.1) is 0 Å². The third-order valence-corrected chi connectivity index (χ3v) is 2.71. The Morgan fingerprint density at radius 3 is 1.29 bits per heavy atom. The van der Waals surface area contributed by atoms with Crippen molar-refractivity contribution in [2.75, 3.05) is 20.6 Å². The molecule has 0 rings (SSSR count). The van der Waals surface area contributed by atoms with Crippen LogP contribution in [0.2, 0.25) is 0 Å². The van der Waals surface area contributed by atoms with Gasteiger partial charge in [0.25, 0.3) is 0 Å². The van der Waals surface area contributed by atoms with E-state index >= 15 is 0 Å². The summed E-state index contributed by atoms with van der Waals surface area (Å²) in [7, 11) is 4.31. The van der Waals surface area contributed by atoms with E-state index in [0.29, 0.717) is 0 Å². The summed E-state index contributed by atoms with van der Waals surface area (Å²) >= 11 is 0. The summed E-state index contributed by atoms with van der Waals surface area (Å²) < 4.78 is 0. The molecule has 106 valence electrons. The lowest BCUT2D eigenvalue weighted by atomic mass is 10.1. The quantitative estimate of drug-likeness (QED) is 0.458. The van der Waals surface area contributed by atoms with E-state index in [4.69, 9.17) is 0 Å². The summed E-state index contributed by atoms with van der Waals surface area (Å²) in [4.78, 5) is 2.28. The second kappa shape index (κ2) is 18.3. The normalized spacial score (nSPS) is 10.2. The number of unbranched alkanes of at least 4 members (excludes halogenated alkanes) is 8. The molecule has 0 saturated heterocycles. The minimum absolute atomic E-state index is 1.25. The van der Waals surface area contributed by atoms with Gasteiger partial charge in [0.15, 0.2) is 0 Å². The largest absolute Gasteiger partial charge is 0.309 e. The highest BCUT2D eigenvalue weighted by Crippen LogP contribution is 2.09. The van der Waals surface area contributed by atoms with Crippen molar-refractivity contribution in [3.05, 3.63) is 0 Å². The molecular formula is C16H37N. The molecule has 1 heteroatoms. The molecule has 0 aliphatic carbocycles. The smallest absolute Gasteiger partial charge is 0.00248 e. The molecule has 0 radical (unpaired) electrons. The molecule has 0 atom stereocenters. The van der Waals surface area contributed by atoms with Crippen LogP contribution in [0.1, 0.15) is 85.0 Å². The first-order valence-electron chi connectivity index (χ1n) is 7.83. The lowest BCUT2D eigenvalue weighted by molar-refractivity contribution is 0.389. The van der Waals surface area contributed by atoms with Gasteiger partial charge >= 0.3 is 0 Å². The Morgan fingerprint density at radius 2 is 0.941 bits per heavy atom. The number of nitrogens with zero attached hydrogens (tertiary/aromatic N) is 1. The Morgan fingerprint density at radius 1 is 0.588 bits per heavy atom. The van der Waals surface area contributed by atoms with Crippen molar-refractivity contribution in [3.63, 3.8) is 0 Å². The molecule has 1 nitrogen and oxygen atoms in total. The predicted octanol–water partition coefficient (Wildman–Crippen LogP) is 5.50. The zero-order valence-corrected chi connectivity index (χ0v) is 13.2. The summed E-state index contributed by atoms with van der Waals surface area (Å²) in [6, 6.07) is 0. The Labute approximate surface area is 111 Å². The molecule has 0 aromatic rings. The van der Waals surface area contributed by atoms with E-state index in [1.165, 1.54) is 70.8 Å². The number of rotatable bonds is 10. The zero-order chi connectivity index (χ0) is 13.4. The fraction of sp³-hybridized carbons (Fsp3) is 1.00. The van der Waals surface area contributed by atoms with Crippen LogP contribution >= 0.6 is 0 Å². The monoisotopic (exact) mass is 243 g/mol. The van der Waals surface area contributed by atoms with Gasteiger partial charge in [-0.3, -0.25) is 0 Å². The first kappa shape index (κ1) is 19.3. The fourth-order valence-corrected chi connectivity index (χ4v) is 1.74. The van der Waals surface area contributed by atoms with E-state index < -0.39 is 0 Å². The molecule has 17 heavy (non-hydrogen) atoms. The lowest BCUT2D eigenvalue weighted by Crippen LogP contribution is -2.12. The maximum Gasteiger partial charge on any atom is -0.00248 e. The Hall–Kier alpha value is -0.0400. The Bertz CT molecular complexity index is 110. The van der Waals surface area contributed by atoms with Crippen molar-refractivity contribution < 1.29 is 0 Å². The Kier molecular flexibility index (Phi) is 20.8. The lowest BCUT2D eigenvalue weighted by Gasteiger charge is -2.08. The van der Waals surface area contributed by atoms with Gasteiger partial charge < -0.3 is 4.90 Å². The second-order valence-electron chi connectivity index (χ2n) is 5.34. The second-order valence-corrected chi connectivity index (χ2v) is 5.34. The summed E-state index contributed by atoms with van der Waals surface area (Å²) in [5, 5.41) is 0. The molecule has 0 aromatic carbocycles. The van der Waals surface area contributed by atoms with Gasteiger partial charge in [-0.1, -0.05) is 78.6 Å². The van der Waals surface area contributed by atoms with Crippen molar-refractivity contribution in [3.8, 4) is 0 Å². The van der Waals surface area contributed by atoms with Gasteiger partial charge in [0.2, 0.25) is 0 Å². The summed E-state index contributed by atoms with van der Waals surface area (Å²) in [5.74, 6) is 0. The van der Waals surface area contributed by atoms with Crippen LogP contribution in [0.3, 0.4) is 0 Å². The van der Waals surface area contributed by atoms with Gasteiger partial charge in [-0.2, -0.15) is 0 Å². The van der Waals surface area contributed by atoms with Crippen LogP contribution in [-0.2, 0) is 0 Å². The topological polar surface area (TPSA) is 3.24 Å². The number of hydrogen-bond donors (Lipinski definition) is 0. The van der Waals surface area contributed by atoms with E-state index in [9.17, 15) is 0 Å². The molecule has 0 fully saturated rings. The van der Waals surface area contributed by atoms with Gasteiger partial charge in [-0.25, -0.2) is 0 Å². The van der Waals surface area contributed by atoms with Gasteiger partial charge in [-0.05, 0) is 27.1 Å². The van der Waals surface area contributed by atoms with E-state index in [2.05, 4.69) is 39.8 Å². The molecule has 0 N–H and O–H groups in total. The highest BCUT2D eigenvalue weighted by molar-refractivity contribution is 4.48. The number of hydrogen-bond acceptors (Lipinski definition) is 1. The summed E-state index contributed by atoms with van der Waals surface area (Å²) in [6.45, 7) is 7.79.